The van der Waals surface area contributed by atoms with Gasteiger partial charge in [0.2, 0.25) is 0 Å². The molecule has 0 saturated carbocycles. The summed E-state index contributed by atoms with van der Waals surface area (Å²) in [6.45, 7) is 2.30. The second-order valence-corrected chi connectivity index (χ2v) is 7.34. The van der Waals surface area contributed by atoms with Gasteiger partial charge in [-0.25, -0.2) is 5.43 Å². The number of nitrogens with one attached hydrogen (secondary N) is 2. The van der Waals surface area contributed by atoms with Crippen molar-refractivity contribution in [1.82, 2.24) is 15.6 Å². The molecular weight excluding hydrogens is 416 g/mol. The number of rotatable bonds is 8. The third-order valence-corrected chi connectivity index (χ3v) is 5.03. The van der Waals surface area contributed by atoms with Gasteiger partial charge in [-0.2, -0.15) is 10.2 Å². The quantitative estimate of drug-likeness (QED) is 0.304. The van der Waals surface area contributed by atoms with Crippen molar-refractivity contribution in [2.75, 3.05) is 7.11 Å². The van der Waals surface area contributed by atoms with Crippen molar-refractivity contribution >= 4 is 11.6 Å². The third-order valence-electron chi connectivity index (χ3n) is 5.03. The molecule has 0 bridgehead atoms. The summed E-state index contributed by atoms with van der Waals surface area (Å²) in [6.07, 6.45) is 0. The van der Waals surface area contributed by atoms with E-state index < -0.39 is 0 Å². The number of carbonyl (C=O) groups is 1. The Morgan fingerprint density at radius 1 is 0.970 bits per heavy atom. The number of methoxy groups -OCH3 is 1. The zero-order valence-electron chi connectivity index (χ0n) is 18.4. The average Bonchev–Trinajstić information content (AvgIpc) is 3.37. The summed E-state index contributed by atoms with van der Waals surface area (Å²) in [7, 11) is 1.61. The van der Waals surface area contributed by atoms with Gasteiger partial charge in [-0.05, 0) is 60.5 Å². The Morgan fingerprint density at radius 2 is 1.76 bits per heavy atom. The first kappa shape index (κ1) is 21.8. The van der Waals surface area contributed by atoms with Crippen LogP contribution in [0.15, 0.2) is 90.0 Å². The number of H-pyrrole nitrogens is 1. The van der Waals surface area contributed by atoms with Crippen LogP contribution < -0.4 is 14.9 Å². The van der Waals surface area contributed by atoms with Crippen LogP contribution >= 0.6 is 0 Å². The molecule has 7 heteroatoms. The highest BCUT2D eigenvalue weighted by atomic mass is 16.5. The van der Waals surface area contributed by atoms with E-state index in [0.717, 1.165) is 28.2 Å². The second-order valence-electron chi connectivity index (χ2n) is 7.34. The van der Waals surface area contributed by atoms with Crippen molar-refractivity contribution in [3.63, 3.8) is 0 Å². The van der Waals surface area contributed by atoms with Crippen molar-refractivity contribution in [2.45, 2.75) is 13.5 Å². The molecule has 0 spiro atoms. The molecule has 0 aliphatic carbocycles. The second kappa shape index (κ2) is 10.3. The number of aromatic nitrogens is 2. The molecular formula is C26H24N4O3. The molecule has 0 unspecified atom stereocenters. The van der Waals surface area contributed by atoms with Gasteiger partial charge in [-0.3, -0.25) is 9.89 Å². The lowest BCUT2D eigenvalue weighted by atomic mass is 10.1. The molecule has 0 saturated heterocycles. The number of aromatic amines is 1. The van der Waals surface area contributed by atoms with Gasteiger partial charge < -0.3 is 9.47 Å². The number of ether oxygens (including phenoxy) is 2. The molecule has 166 valence electrons. The predicted octanol–water partition coefficient (Wildman–Crippen LogP) is 4.82. The Hall–Kier alpha value is -4.39. The van der Waals surface area contributed by atoms with Crippen molar-refractivity contribution < 1.29 is 14.3 Å². The van der Waals surface area contributed by atoms with E-state index in [9.17, 15) is 4.79 Å². The highest BCUT2D eigenvalue weighted by Gasteiger charge is 2.11. The number of hydrogen-bond donors (Lipinski definition) is 2. The van der Waals surface area contributed by atoms with E-state index in [1.165, 1.54) is 0 Å². The van der Waals surface area contributed by atoms with Gasteiger partial charge in [0.25, 0.3) is 5.91 Å². The molecule has 0 aliphatic heterocycles. The highest BCUT2D eigenvalue weighted by molar-refractivity contribution is 6.00. The average molecular weight is 441 g/mol. The van der Waals surface area contributed by atoms with E-state index in [-0.39, 0.29) is 5.91 Å². The first-order valence-corrected chi connectivity index (χ1v) is 10.4. The SMILES string of the molecule is COc1ccc(/C(C)=N\NC(=O)c2cc(-c3cccc(OCc4ccccc4)c3)n[nH]2)cc1. The summed E-state index contributed by atoms with van der Waals surface area (Å²) in [4.78, 5) is 12.5. The number of amides is 1. The van der Waals surface area contributed by atoms with E-state index >= 15 is 0 Å². The summed E-state index contributed by atoms with van der Waals surface area (Å²) in [6, 6.07) is 26.7. The Labute approximate surface area is 192 Å². The van der Waals surface area contributed by atoms with Gasteiger partial charge in [0.15, 0.2) is 0 Å². The number of nitrogens with zero attached hydrogens (tertiary/aromatic N) is 2. The molecule has 0 fully saturated rings. The van der Waals surface area contributed by atoms with Gasteiger partial charge in [-0.1, -0.05) is 42.5 Å². The lowest BCUT2D eigenvalue weighted by molar-refractivity contribution is 0.0950. The Kier molecular flexibility index (Phi) is 6.80. The molecule has 1 aromatic heterocycles. The third kappa shape index (κ3) is 5.65. The maximum absolute atomic E-state index is 12.5. The van der Waals surface area contributed by atoms with E-state index in [4.69, 9.17) is 9.47 Å². The number of benzene rings is 3. The Morgan fingerprint density at radius 3 is 2.52 bits per heavy atom. The summed E-state index contributed by atoms with van der Waals surface area (Å²) in [5.41, 5.74) is 7.00. The topological polar surface area (TPSA) is 88.6 Å². The minimum atomic E-state index is -0.377. The van der Waals surface area contributed by atoms with Crippen LogP contribution in [-0.2, 0) is 6.61 Å². The standard InChI is InChI=1S/C26H24N4O3/c1-18(20-11-13-22(32-2)14-12-20)27-30-26(31)25-16-24(28-29-25)21-9-6-10-23(15-21)33-17-19-7-4-3-5-8-19/h3-16H,17H2,1-2H3,(H,28,29)(H,30,31)/b27-18-. The number of hydrogen-bond acceptors (Lipinski definition) is 5. The van der Waals surface area contributed by atoms with E-state index in [2.05, 4.69) is 20.7 Å². The normalized spacial score (nSPS) is 11.2. The maximum Gasteiger partial charge on any atom is 0.289 e. The van der Waals surface area contributed by atoms with Gasteiger partial charge in [0, 0.05) is 5.56 Å². The zero-order chi connectivity index (χ0) is 23.0. The predicted molar refractivity (Wildman–Crippen MR) is 127 cm³/mol. The number of hydrazone groups is 1. The Balaban J connectivity index is 1.40. The smallest absolute Gasteiger partial charge is 0.289 e. The zero-order valence-corrected chi connectivity index (χ0v) is 18.4. The molecule has 3 aromatic carbocycles. The van der Waals surface area contributed by atoms with E-state index in [1.54, 1.807) is 13.2 Å². The van der Waals surface area contributed by atoms with Gasteiger partial charge >= 0.3 is 0 Å². The first-order valence-electron chi connectivity index (χ1n) is 10.4. The molecule has 2 N–H and O–H groups in total. The molecule has 1 amide bonds. The summed E-state index contributed by atoms with van der Waals surface area (Å²) >= 11 is 0. The molecule has 0 atom stereocenters. The monoisotopic (exact) mass is 440 g/mol. The van der Waals surface area contributed by atoms with Crippen LogP contribution in [-0.4, -0.2) is 28.9 Å². The van der Waals surface area contributed by atoms with Crippen LogP contribution in [0.1, 0.15) is 28.5 Å². The maximum atomic E-state index is 12.5. The first-order chi connectivity index (χ1) is 16.1. The fraction of sp³-hybridized carbons (Fsp3) is 0.115. The lowest BCUT2D eigenvalue weighted by Crippen LogP contribution is -2.19. The van der Waals surface area contributed by atoms with Crippen LogP contribution in [0.4, 0.5) is 0 Å². The summed E-state index contributed by atoms with van der Waals surface area (Å²) < 4.78 is 11.0. The summed E-state index contributed by atoms with van der Waals surface area (Å²) in [5, 5.41) is 11.2. The van der Waals surface area contributed by atoms with Gasteiger partial charge in [0.05, 0.1) is 18.5 Å². The van der Waals surface area contributed by atoms with Gasteiger partial charge in [0.1, 0.15) is 23.8 Å². The van der Waals surface area contributed by atoms with E-state index in [0.29, 0.717) is 23.7 Å². The minimum Gasteiger partial charge on any atom is -0.497 e. The van der Waals surface area contributed by atoms with E-state index in [1.807, 2.05) is 85.8 Å². The fourth-order valence-electron chi connectivity index (χ4n) is 3.16. The molecule has 1 heterocycles. The van der Waals surface area contributed by atoms with Crippen LogP contribution in [0.25, 0.3) is 11.3 Å². The number of carbonyl (C=O) groups excluding carboxylic acids is 1. The minimum absolute atomic E-state index is 0.312. The Bertz CT molecular complexity index is 1250. The highest BCUT2D eigenvalue weighted by Crippen LogP contribution is 2.23. The van der Waals surface area contributed by atoms with Crippen LogP contribution in [0.3, 0.4) is 0 Å². The van der Waals surface area contributed by atoms with Crippen molar-refractivity contribution in [2.24, 2.45) is 5.10 Å². The van der Waals surface area contributed by atoms with Crippen LogP contribution in [0, 0.1) is 0 Å². The van der Waals surface area contributed by atoms with Gasteiger partial charge in [-0.15, -0.1) is 0 Å². The van der Waals surface area contributed by atoms with Crippen molar-refractivity contribution in [3.8, 4) is 22.8 Å². The van der Waals surface area contributed by atoms with Crippen LogP contribution in [0.5, 0.6) is 11.5 Å². The molecule has 0 radical (unpaired) electrons. The largest absolute Gasteiger partial charge is 0.497 e. The summed E-state index contributed by atoms with van der Waals surface area (Å²) in [5.74, 6) is 1.11. The van der Waals surface area contributed by atoms with Crippen molar-refractivity contribution in [3.05, 3.63) is 102 Å². The molecule has 4 rings (SSSR count). The molecule has 33 heavy (non-hydrogen) atoms. The molecule has 7 nitrogen and oxygen atoms in total. The molecule has 0 aliphatic rings. The van der Waals surface area contributed by atoms with Crippen molar-refractivity contribution in [1.29, 1.82) is 0 Å². The lowest BCUT2D eigenvalue weighted by Gasteiger charge is -2.07. The van der Waals surface area contributed by atoms with Crippen LogP contribution in [0.2, 0.25) is 0 Å². The molecule has 4 aromatic rings. The fourth-order valence-corrected chi connectivity index (χ4v) is 3.16.